The van der Waals surface area contributed by atoms with E-state index in [9.17, 15) is 0 Å². The number of aromatic amines is 1. The highest BCUT2D eigenvalue weighted by Crippen LogP contribution is 2.29. The SMILES string of the molecule is CC1CCN(N2CCCC2)CC1N(C)c1ncnc2[nH]ccc12. The zero-order valence-corrected chi connectivity index (χ0v) is 14.1. The molecule has 2 unspecified atom stereocenters. The first kappa shape index (κ1) is 14.9. The van der Waals surface area contributed by atoms with Gasteiger partial charge in [0.2, 0.25) is 0 Å². The number of hydrogen-bond acceptors (Lipinski definition) is 5. The van der Waals surface area contributed by atoms with Crippen molar-refractivity contribution in [3.05, 3.63) is 18.6 Å². The molecule has 23 heavy (non-hydrogen) atoms. The number of likely N-dealkylation sites (N-methyl/N-ethyl adjacent to an activating group) is 1. The Labute approximate surface area is 137 Å². The lowest BCUT2D eigenvalue weighted by Crippen LogP contribution is -2.55. The Balaban J connectivity index is 1.58. The number of nitrogens with one attached hydrogen (secondary N) is 1. The number of anilines is 1. The molecule has 124 valence electrons. The Kier molecular flexibility index (Phi) is 3.95. The van der Waals surface area contributed by atoms with Crippen molar-refractivity contribution in [3.8, 4) is 0 Å². The molecule has 0 aliphatic carbocycles. The minimum Gasteiger partial charge on any atom is -0.354 e. The van der Waals surface area contributed by atoms with Crippen LogP contribution in [0.5, 0.6) is 0 Å². The number of rotatable bonds is 3. The van der Waals surface area contributed by atoms with Crippen molar-refractivity contribution in [1.82, 2.24) is 25.0 Å². The van der Waals surface area contributed by atoms with Gasteiger partial charge in [0.05, 0.1) is 5.39 Å². The summed E-state index contributed by atoms with van der Waals surface area (Å²) in [5, 5.41) is 6.24. The molecule has 0 saturated carbocycles. The normalized spacial score (nSPS) is 26.9. The summed E-state index contributed by atoms with van der Waals surface area (Å²) in [5.74, 6) is 1.71. The first-order valence-electron chi connectivity index (χ1n) is 8.75. The predicted octanol–water partition coefficient (Wildman–Crippen LogP) is 2.12. The van der Waals surface area contributed by atoms with E-state index in [1.807, 2.05) is 6.20 Å². The molecular formula is C17H26N6. The van der Waals surface area contributed by atoms with E-state index in [0.29, 0.717) is 12.0 Å². The number of hydrazine groups is 1. The summed E-state index contributed by atoms with van der Waals surface area (Å²) < 4.78 is 0. The Morgan fingerprint density at radius 3 is 2.83 bits per heavy atom. The molecule has 6 nitrogen and oxygen atoms in total. The first-order valence-corrected chi connectivity index (χ1v) is 8.75. The van der Waals surface area contributed by atoms with Crippen molar-refractivity contribution in [1.29, 1.82) is 0 Å². The number of fused-ring (bicyclic) bond motifs is 1. The zero-order chi connectivity index (χ0) is 15.8. The Morgan fingerprint density at radius 1 is 1.17 bits per heavy atom. The summed E-state index contributed by atoms with van der Waals surface area (Å²) in [7, 11) is 2.18. The Morgan fingerprint density at radius 2 is 2.00 bits per heavy atom. The maximum atomic E-state index is 4.57. The van der Waals surface area contributed by atoms with E-state index in [1.54, 1.807) is 6.33 Å². The second kappa shape index (κ2) is 6.09. The maximum Gasteiger partial charge on any atom is 0.142 e. The van der Waals surface area contributed by atoms with E-state index < -0.39 is 0 Å². The van der Waals surface area contributed by atoms with Gasteiger partial charge in [-0.3, -0.25) is 0 Å². The minimum atomic E-state index is 0.484. The van der Waals surface area contributed by atoms with Gasteiger partial charge in [-0.2, -0.15) is 0 Å². The molecule has 2 atom stereocenters. The van der Waals surface area contributed by atoms with Crippen LogP contribution in [0.15, 0.2) is 18.6 Å². The van der Waals surface area contributed by atoms with Gasteiger partial charge in [0.1, 0.15) is 17.8 Å². The zero-order valence-electron chi connectivity index (χ0n) is 14.1. The van der Waals surface area contributed by atoms with Gasteiger partial charge < -0.3 is 9.88 Å². The van der Waals surface area contributed by atoms with Crippen molar-refractivity contribution < 1.29 is 0 Å². The quantitative estimate of drug-likeness (QED) is 0.940. The number of piperidine rings is 1. The molecule has 6 heteroatoms. The minimum absolute atomic E-state index is 0.484. The second-order valence-electron chi connectivity index (χ2n) is 6.95. The number of nitrogens with zero attached hydrogens (tertiary/aromatic N) is 5. The molecule has 2 fully saturated rings. The molecule has 0 amide bonds. The molecule has 0 radical (unpaired) electrons. The van der Waals surface area contributed by atoms with Gasteiger partial charge in [0.15, 0.2) is 0 Å². The van der Waals surface area contributed by atoms with Crippen LogP contribution in [0.4, 0.5) is 5.82 Å². The summed E-state index contributed by atoms with van der Waals surface area (Å²) in [6.45, 7) is 7.10. The summed E-state index contributed by atoms with van der Waals surface area (Å²) in [6, 6.07) is 2.56. The number of hydrogen-bond donors (Lipinski definition) is 1. The van der Waals surface area contributed by atoms with Crippen LogP contribution in [0.1, 0.15) is 26.2 Å². The first-order chi connectivity index (χ1) is 11.2. The molecule has 2 aromatic rings. The largest absolute Gasteiger partial charge is 0.354 e. The number of aromatic nitrogens is 3. The van der Waals surface area contributed by atoms with Crippen LogP contribution < -0.4 is 4.90 Å². The van der Waals surface area contributed by atoms with Gasteiger partial charge >= 0.3 is 0 Å². The van der Waals surface area contributed by atoms with E-state index in [-0.39, 0.29) is 0 Å². The van der Waals surface area contributed by atoms with Crippen molar-refractivity contribution in [3.63, 3.8) is 0 Å². The lowest BCUT2D eigenvalue weighted by atomic mass is 9.93. The third kappa shape index (κ3) is 2.70. The fraction of sp³-hybridized carbons (Fsp3) is 0.647. The highest BCUT2D eigenvalue weighted by molar-refractivity contribution is 5.87. The summed E-state index contributed by atoms with van der Waals surface area (Å²) in [6.07, 6.45) is 7.52. The average Bonchev–Trinajstić information content (AvgIpc) is 3.25. The van der Waals surface area contributed by atoms with Gasteiger partial charge in [-0.25, -0.2) is 20.0 Å². The molecule has 2 aliphatic heterocycles. The van der Waals surface area contributed by atoms with Gasteiger partial charge in [-0.15, -0.1) is 0 Å². The van der Waals surface area contributed by atoms with Gasteiger partial charge in [-0.05, 0) is 31.2 Å². The molecular weight excluding hydrogens is 288 g/mol. The van der Waals surface area contributed by atoms with Crippen LogP contribution in [0, 0.1) is 5.92 Å². The van der Waals surface area contributed by atoms with E-state index in [2.05, 4.69) is 49.9 Å². The van der Waals surface area contributed by atoms with Crippen molar-refractivity contribution in [2.75, 3.05) is 38.1 Å². The van der Waals surface area contributed by atoms with Gasteiger partial charge in [-0.1, -0.05) is 6.92 Å². The van der Waals surface area contributed by atoms with E-state index in [4.69, 9.17) is 0 Å². The average molecular weight is 314 g/mol. The second-order valence-corrected chi connectivity index (χ2v) is 6.95. The van der Waals surface area contributed by atoms with Crippen LogP contribution in [0.25, 0.3) is 11.0 Å². The van der Waals surface area contributed by atoms with Crippen molar-refractivity contribution in [2.24, 2.45) is 5.92 Å². The fourth-order valence-corrected chi connectivity index (χ4v) is 4.07. The molecule has 2 aromatic heterocycles. The van der Waals surface area contributed by atoms with Crippen LogP contribution in [0.3, 0.4) is 0 Å². The molecule has 4 rings (SSSR count). The highest BCUT2D eigenvalue weighted by Gasteiger charge is 2.33. The molecule has 0 aromatic carbocycles. The fourth-order valence-electron chi connectivity index (χ4n) is 4.07. The third-order valence-electron chi connectivity index (χ3n) is 5.54. The molecule has 0 spiro atoms. The summed E-state index contributed by atoms with van der Waals surface area (Å²) in [5.41, 5.74) is 0.918. The number of H-pyrrole nitrogens is 1. The summed E-state index contributed by atoms with van der Waals surface area (Å²) >= 11 is 0. The predicted molar refractivity (Wildman–Crippen MR) is 92.2 cm³/mol. The molecule has 0 bridgehead atoms. The molecule has 2 aliphatic rings. The molecule has 4 heterocycles. The lowest BCUT2D eigenvalue weighted by molar-refractivity contribution is -0.0363. The summed E-state index contributed by atoms with van der Waals surface area (Å²) in [4.78, 5) is 14.4. The van der Waals surface area contributed by atoms with Crippen LogP contribution >= 0.6 is 0 Å². The van der Waals surface area contributed by atoms with Crippen molar-refractivity contribution in [2.45, 2.75) is 32.2 Å². The molecule has 2 saturated heterocycles. The standard InChI is InChI=1S/C17H26N6/c1-13-6-10-23(22-8-3-4-9-22)11-15(13)21(2)17-14-5-7-18-16(14)19-12-20-17/h5,7,12-13,15H,3-4,6,8-11H2,1-2H3,(H,18,19,20). The Hall–Kier alpha value is -1.66. The van der Waals surface area contributed by atoms with E-state index >= 15 is 0 Å². The Bertz CT molecular complexity index is 662. The third-order valence-corrected chi connectivity index (χ3v) is 5.54. The monoisotopic (exact) mass is 314 g/mol. The maximum absolute atomic E-state index is 4.57. The van der Waals surface area contributed by atoms with Crippen molar-refractivity contribution >= 4 is 16.9 Å². The van der Waals surface area contributed by atoms with Crippen LogP contribution in [-0.2, 0) is 0 Å². The molecule has 1 N–H and O–H groups in total. The van der Waals surface area contributed by atoms with Crippen LogP contribution in [0.2, 0.25) is 0 Å². The van der Waals surface area contributed by atoms with Gasteiger partial charge in [0, 0.05) is 45.5 Å². The van der Waals surface area contributed by atoms with E-state index in [0.717, 1.165) is 23.4 Å². The smallest absolute Gasteiger partial charge is 0.142 e. The van der Waals surface area contributed by atoms with Gasteiger partial charge in [0.25, 0.3) is 0 Å². The van der Waals surface area contributed by atoms with Crippen LogP contribution in [-0.4, -0.2) is 64.2 Å². The van der Waals surface area contributed by atoms with E-state index in [1.165, 1.54) is 38.9 Å². The highest BCUT2D eigenvalue weighted by atomic mass is 15.6. The lowest BCUT2D eigenvalue weighted by Gasteiger charge is -2.45. The topological polar surface area (TPSA) is 51.3 Å².